The number of hydrogen-bond donors (Lipinski definition) is 3. The van der Waals surface area contributed by atoms with Gasteiger partial charge < -0.3 is 15.5 Å². The van der Waals surface area contributed by atoms with Gasteiger partial charge in [0, 0.05) is 6.54 Å². The van der Waals surface area contributed by atoms with Gasteiger partial charge in [0.05, 0.1) is 6.10 Å². The van der Waals surface area contributed by atoms with Crippen LogP contribution in [0.25, 0.3) is 0 Å². The number of aliphatic hydroxyl groups is 1. The van der Waals surface area contributed by atoms with E-state index >= 15 is 0 Å². The van der Waals surface area contributed by atoms with Gasteiger partial charge in [-0.3, -0.25) is 4.79 Å². The molecule has 0 saturated heterocycles. The molecule has 0 aliphatic carbocycles. The van der Waals surface area contributed by atoms with E-state index in [-0.39, 0.29) is 0 Å². The van der Waals surface area contributed by atoms with E-state index in [1.807, 2.05) is 13.8 Å². The summed E-state index contributed by atoms with van der Waals surface area (Å²) < 4.78 is 0. The molecule has 3 N–H and O–H groups in total. The first-order chi connectivity index (χ1) is 10.5. The Bertz CT molecular complexity index is 269. The number of hydrogen-bond acceptors (Lipinski definition) is 3. The van der Waals surface area contributed by atoms with Crippen molar-refractivity contribution in [3.8, 4) is 0 Å². The molecular weight excluding hydrogens is 278 g/mol. The third-order valence-corrected chi connectivity index (χ3v) is 4.00. The standard InChI is InChI=1S/C18H37NO3/c1-4-5-6-7-8-9-10-11-12-16(20)14-19-17(18(21)22)13-15(2)3/h15-17,19-20H,4-14H2,1-3H3,(H,21,22)/t16?,17-/m0/s1. The molecule has 0 saturated carbocycles. The highest BCUT2D eigenvalue weighted by Gasteiger charge is 2.19. The molecule has 0 aliphatic heterocycles. The fourth-order valence-corrected chi connectivity index (χ4v) is 2.64. The summed E-state index contributed by atoms with van der Waals surface area (Å²) in [5, 5.41) is 22.0. The van der Waals surface area contributed by atoms with E-state index in [0.29, 0.717) is 18.9 Å². The number of aliphatic hydroxyl groups excluding tert-OH is 1. The van der Waals surface area contributed by atoms with Crippen LogP contribution in [0.2, 0.25) is 0 Å². The highest BCUT2D eigenvalue weighted by atomic mass is 16.4. The van der Waals surface area contributed by atoms with Crippen molar-refractivity contribution < 1.29 is 15.0 Å². The molecule has 0 rings (SSSR count). The zero-order valence-electron chi connectivity index (χ0n) is 14.8. The number of nitrogens with one attached hydrogen (secondary N) is 1. The average molecular weight is 315 g/mol. The quantitative estimate of drug-likeness (QED) is 0.400. The maximum Gasteiger partial charge on any atom is 0.320 e. The Morgan fingerprint density at radius 1 is 1.00 bits per heavy atom. The Balaban J connectivity index is 3.59. The second-order valence-electron chi connectivity index (χ2n) is 6.85. The minimum Gasteiger partial charge on any atom is -0.480 e. The third kappa shape index (κ3) is 13.1. The molecule has 2 atom stereocenters. The smallest absolute Gasteiger partial charge is 0.320 e. The van der Waals surface area contributed by atoms with Gasteiger partial charge in [0.25, 0.3) is 0 Å². The molecule has 132 valence electrons. The summed E-state index contributed by atoms with van der Waals surface area (Å²) in [5.74, 6) is -0.494. The number of carboxylic acid groups (broad SMARTS) is 1. The van der Waals surface area contributed by atoms with Gasteiger partial charge in [-0.2, -0.15) is 0 Å². The minimum atomic E-state index is -0.826. The third-order valence-electron chi connectivity index (χ3n) is 4.00. The molecule has 0 fully saturated rings. The maximum absolute atomic E-state index is 11.1. The van der Waals surface area contributed by atoms with Gasteiger partial charge in [-0.1, -0.05) is 72.1 Å². The van der Waals surface area contributed by atoms with Crippen LogP contribution in [-0.2, 0) is 4.79 Å². The van der Waals surface area contributed by atoms with Gasteiger partial charge in [-0.15, -0.1) is 0 Å². The summed E-state index contributed by atoms with van der Waals surface area (Å²) in [7, 11) is 0. The SMILES string of the molecule is CCCCCCCCCCC(O)CN[C@@H](CC(C)C)C(=O)O. The van der Waals surface area contributed by atoms with Crippen molar-refractivity contribution in [1.82, 2.24) is 5.32 Å². The molecule has 0 amide bonds. The first kappa shape index (κ1) is 21.4. The summed E-state index contributed by atoms with van der Waals surface area (Å²) in [6.07, 6.45) is 10.9. The van der Waals surface area contributed by atoms with Crippen molar-refractivity contribution in [1.29, 1.82) is 0 Å². The van der Waals surface area contributed by atoms with Gasteiger partial charge in [0.1, 0.15) is 6.04 Å². The first-order valence-electron chi connectivity index (χ1n) is 9.11. The van der Waals surface area contributed by atoms with Crippen molar-refractivity contribution in [3.63, 3.8) is 0 Å². The Morgan fingerprint density at radius 3 is 2.05 bits per heavy atom. The van der Waals surface area contributed by atoms with Gasteiger partial charge in [0.2, 0.25) is 0 Å². The molecule has 4 nitrogen and oxygen atoms in total. The number of carbonyl (C=O) groups is 1. The van der Waals surface area contributed by atoms with Gasteiger partial charge >= 0.3 is 5.97 Å². The summed E-state index contributed by atoms with van der Waals surface area (Å²) in [4.78, 5) is 11.1. The van der Waals surface area contributed by atoms with Crippen LogP contribution in [0.5, 0.6) is 0 Å². The molecular formula is C18H37NO3. The summed E-state index contributed by atoms with van der Waals surface area (Å²) in [6.45, 7) is 6.62. The van der Waals surface area contributed by atoms with Gasteiger partial charge in [-0.05, 0) is 18.8 Å². The first-order valence-corrected chi connectivity index (χ1v) is 9.11. The lowest BCUT2D eigenvalue weighted by atomic mass is 10.0. The Labute approximate surface area is 136 Å². The monoisotopic (exact) mass is 315 g/mol. The van der Waals surface area contributed by atoms with E-state index in [4.69, 9.17) is 5.11 Å². The van der Waals surface area contributed by atoms with E-state index in [0.717, 1.165) is 19.3 Å². The number of aliphatic carboxylic acids is 1. The van der Waals surface area contributed by atoms with Crippen molar-refractivity contribution in [3.05, 3.63) is 0 Å². The molecule has 0 aromatic carbocycles. The van der Waals surface area contributed by atoms with Crippen molar-refractivity contribution in [2.75, 3.05) is 6.54 Å². The molecule has 0 aromatic heterocycles. The van der Waals surface area contributed by atoms with Crippen LogP contribution in [0.3, 0.4) is 0 Å². The normalized spacial score (nSPS) is 14.2. The highest BCUT2D eigenvalue weighted by Crippen LogP contribution is 2.11. The summed E-state index contributed by atoms with van der Waals surface area (Å²) in [6, 6.07) is -0.548. The molecule has 0 spiro atoms. The lowest BCUT2D eigenvalue weighted by molar-refractivity contribution is -0.140. The molecule has 0 aromatic rings. The van der Waals surface area contributed by atoms with Crippen LogP contribution < -0.4 is 5.32 Å². The zero-order chi connectivity index (χ0) is 16.8. The van der Waals surface area contributed by atoms with Crippen LogP contribution in [0.4, 0.5) is 0 Å². The number of unbranched alkanes of at least 4 members (excludes halogenated alkanes) is 7. The molecule has 22 heavy (non-hydrogen) atoms. The Kier molecular flexibility index (Phi) is 13.6. The maximum atomic E-state index is 11.1. The van der Waals surface area contributed by atoms with E-state index in [1.54, 1.807) is 0 Å². The highest BCUT2D eigenvalue weighted by molar-refractivity contribution is 5.73. The number of rotatable bonds is 15. The second-order valence-corrected chi connectivity index (χ2v) is 6.85. The Hall–Kier alpha value is -0.610. The van der Waals surface area contributed by atoms with Gasteiger partial charge in [0.15, 0.2) is 0 Å². The molecule has 4 heteroatoms. The molecule has 0 heterocycles. The lowest BCUT2D eigenvalue weighted by Gasteiger charge is -2.19. The van der Waals surface area contributed by atoms with Crippen LogP contribution in [0.1, 0.15) is 85.0 Å². The van der Waals surface area contributed by atoms with E-state index in [9.17, 15) is 9.90 Å². The summed E-state index contributed by atoms with van der Waals surface area (Å²) in [5.41, 5.74) is 0. The largest absolute Gasteiger partial charge is 0.480 e. The van der Waals surface area contributed by atoms with E-state index in [1.165, 1.54) is 38.5 Å². The predicted octanol–water partition coefficient (Wildman–Crippen LogP) is 3.97. The van der Waals surface area contributed by atoms with Gasteiger partial charge in [-0.25, -0.2) is 0 Å². The topological polar surface area (TPSA) is 69.6 Å². The van der Waals surface area contributed by atoms with Crippen molar-refractivity contribution >= 4 is 5.97 Å². The number of carboxylic acids is 1. The Morgan fingerprint density at radius 2 is 1.55 bits per heavy atom. The second kappa shape index (κ2) is 14.0. The molecule has 0 bridgehead atoms. The summed E-state index contributed by atoms with van der Waals surface area (Å²) >= 11 is 0. The van der Waals surface area contributed by atoms with E-state index < -0.39 is 18.1 Å². The average Bonchev–Trinajstić information content (AvgIpc) is 2.45. The molecule has 0 radical (unpaired) electrons. The predicted molar refractivity (Wildman–Crippen MR) is 92.1 cm³/mol. The van der Waals surface area contributed by atoms with E-state index in [2.05, 4.69) is 12.2 Å². The van der Waals surface area contributed by atoms with Crippen LogP contribution in [0.15, 0.2) is 0 Å². The molecule has 0 aliphatic rings. The van der Waals surface area contributed by atoms with Crippen LogP contribution in [-0.4, -0.2) is 34.9 Å². The van der Waals surface area contributed by atoms with Crippen molar-refractivity contribution in [2.24, 2.45) is 5.92 Å². The fourth-order valence-electron chi connectivity index (χ4n) is 2.64. The molecule has 1 unspecified atom stereocenters. The lowest BCUT2D eigenvalue weighted by Crippen LogP contribution is -2.41. The van der Waals surface area contributed by atoms with Crippen LogP contribution >= 0.6 is 0 Å². The minimum absolute atomic E-state index is 0.332. The zero-order valence-corrected chi connectivity index (χ0v) is 14.8. The fraction of sp³-hybridized carbons (Fsp3) is 0.944. The van der Waals surface area contributed by atoms with Crippen molar-refractivity contribution in [2.45, 2.75) is 97.1 Å². The van der Waals surface area contributed by atoms with Crippen LogP contribution in [0, 0.1) is 5.92 Å².